The molecule has 0 unspecified atom stereocenters. The average Bonchev–Trinajstić information content (AvgIpc) is 1.83. The SMILES string of the molecule is C=C(C)NOC(=O)CC. The first-order valence-corrected chi connectivity index (χ1v) is 2.78. The van der Waals surface area contributed by atoms with E-state index in [0.29, 0.717) is 12.1 Å². The summed E-state index contributed by atoms with van der Waals surface area (Å²) in [4.78, 5) is 14.9. The molecule has 0 heterocycles. The van der Waals surface area contributed by atoms with Gasteiger partial charge >= 0.3 is 5.97 Å². The lowest BCUT2D eigenvalue weighted by Crippen LogP contribution is -2.16. The van der Waals surface area contributed by atoms with Gasteiger partial charge in [0.1, 0.15) is 0 Å². The minimum absolute atomic E-state index is 0.280. The van der Waals surface area contributed by atoms with Crippen LogP contribution in [0, 0.1) is 0 Å². The van der Waals surface area contributed by atoms with E-state index in [1.807, 2.05) is 0 Å². The minimum atomic E-state index is -0.280. The summed E-state index contributed by atoms with van der Waals surface area (Å²) in [5, 5.41) is 0. The van der Waals surface area contributed by atoms with Gasteiger partial charge in [0.05, 0.1) is 0 Å². The lowest BCUT2D eigenvalue weighted by Gasteiger charge is -2.02. The molecule has 1 N–H and O–H groups in total. The zero-order valence-electron chi connectivity index (χ0n) is 5.73. The Morgan fingerprint density at radius 2 is 2.33 bits per heavy atom. The molecular weight excluding hydrogens is 118 g/mol. The van der Waals surface area contributed by atoms with Gasteiger partial charge in [-0.05, 0) is 6.92 Å². The van der Waals surface area contributed by atoms with Crippen molar-refractivity contribution in [2.75, 3.05) is 0 Å². The molecular formula is C6H11NO2. The van der Waals surface area contributed by atoms with Gasteiger partial charge in [0.15, 0.2) is 0 Å². The number of carbonyl (C=O) groups is 1. The van der Waals surface area contributed by atoms with Crippen LogP contribution in [0.25, 0.3) is 0 Å². The van der Waals surface area contributed by atoms with Gasteiger partial charge in [-0.1, -0.05) is 13.5 Å². The number of hydrogen-bond acceptors (Lipinski definition) is 3. The maximum atomic E-state index is 10.4. The molecule has 0 saturated heterocycles. The van der Waals surface area contributed by atoms with Crippen molar-refractivity contribution >= 4 is 5.97 Å². The van der Waals surface area contributed by atoms with Crippen molar-refractivity contribution in [2.24, 2.45) is 0 Å². The second-order valence-electron chi connectivity index (χ2n) is 1.71. The molecule has 0 radical (unpaired) electrons. The van der Waals surface area contributed by atoms with E-state index >= 15 is 0 Å². The van der Waals surface area contributed by atoms with Crippen molar-refractivity contribution in [3.8, 4) is 0 Å². The fourth-order valence-electron chi connectivity index (χ4n) is 0.216. The first kappa shape index (κ1) is 8.01. The van der Waals surface area contributed by atoms with Crippen LogP contribution in [0.15, 0.2) is 12.3 Å². The Labute approximate surface area is 54.7 Å². The largest absolute Gasteiger partial charge is 0.344 e. The van der Waals surface area contributed by atoms with Gasteiger partial charge in [-0.25, -0.2) is 10.3 Å². The van der Waals surface area contributed by atoms with Crippen LogP contribution in [0.1, 0.15) is 20.3 Å². The molecule has 0 aromatic rings. The highest BCUT2D eigenvalue weighted by molar-refractivity contribution is 5.68. The third-order valence-electron chi connectivity index (χ3n) is 0.628. The van der Waals surface area contributed by atoms with E-state index in [4.69, 9.17) is 0 Å². The molecule has 0 aliphatic rings. The Morgan fingerprint density at radius 1 is 1.78 bits per heavy atom. The lowest BCUT2D eigenvalue weighted by atomic mass is 10.5. The van der Waals surface area contributed by atoms with Crippen LogP contribution < -0.4 is 5.48 Å². The summed E-state index contributed by atoms with van der Waals surface area (Å²) in [6.45, 7) is 6.91. The van der Waals surface area contributed by atoms with Gasteiger partial charge in [-0.2, -0.15) is 0 Å². The van der Waals surface area contributed by atoms with E-state index < -0.39 is 0 Å². The van der Waals surface area contributed by atoms with Gasteiger partial charge in [0.25, 0.3) is 0 Å². The topological polar surface area (TPSA) is 38.3 Å². The Balaban J connectivity index is 3.28. The highest BCUT2D eigenvalue weighted by Crippen LogP contribution is 1.83. The van der Waals surface area contributed by atoms with Gasteiger partial charge in [0, 0.05) is 12.1 Å². The third kappa shape index (κ3) is 4.87. The fourth-order valence-corrected chi connectivity index (χ4v) is 0.216. The predicted octanol–water partition coefficient (Wildman–Crippen LogP) is 0.978. The van der Waals surface area contributed by atoms with Gasteiger partial charge in [-0.3, -0.25) is 0 Å². The molecule has 0 aliphatic carbocycles. The van der Waals surface area contributed by atoms with E-state index in [-0.39, 0.29) is 5.97 Å². The Morgan fingerprint density at radius 3 is 2.67 bits per heavy atom. The van der Waals surface area contributed by atoms with E-state index in [1.165, 1.54) is 0 Å². The molecule has 0 rings (SSSR count). The van der Waals surface area contributed by atoms with Gasteiger partial charge in [0.2, 0.25) is 0 Å². The van der Waals surface area contributed by atoms with Crippen LogP contribution in [0.3, 0.4) is 0 Å². The van der Waals surface area contributed by atoms with Gasteiger partial charge < -0.3 is 4.84 Å². The highest BCUT2D eigenvalue weighted by Gasteiger charge is 1.94. The highest BCUT2D eigenvalue weighted by atomic mass is 16.7. The standard InChI is InChI=1S/C6H11NO2/c1-4-6(8)9-7-5(2)3/h7H,2,4H2,1,3H3. The molecule has 0 saturated carbocycles. The molecule has 0 aliphatic heterocycles. The molecule has 0 spiro atoms. The number of allylic oxidation sites excluding steroid dienone is 1. The Hall–Kier alpha value is -0.990. The summed E-state index contributed by atoms with van der Waals surface area (Å²) >= 11 is 0. The van der Waals surface area contributed by atoms with E-state index in [2.05, 4.69) is 16.9 Å². The summed E-state index contributed by atoms with van der Waals surface area (Å²) in [6, 6.07) is 0. The molecule has 0 atom stereocenters. The van der Waals surface area contributed by atoms with Crippen LogP contribution in [0.4, 0.5) is 0 Å². The van der Waals surface area contributed by atoms with Crippen molar-refractivity contribution in [2.45, 2.75) is 20.3 Å². The summed E-state index contributed by atoms with van der Waals surface area (Å²) in [5.74, 6) is -0.280. The second kappa shape index (κ2) is 3.95. The zero-order valence-corrected chi connectivity index (χ0v) is 5.73. The van der Waals surface area contributed by atoms with E-state index in [1.54, 1.807) is 13.8 Å². The summed E-state index contributed by atoms with van der Waals surface area (Å²) in [7, 11) is 0. The smallest absolute Gasteiger partial charge is 0.331 e. The molecule has 0 aromatic heterocycles. The van der Waals surface area contributed by atoms with Crippen molar-refractivity contribution in [1.29, 1.82) is 0 Å². The van der Waals surface area contributed by atoms with Crippen molar-refractivity contribution < 1.29 is 9.63 Å². The van der Waals surface area contributed by atoms with Crippen LogP contribution in [0.5, 0.6) is 0 Å². The number of hydroxylamine groups is 1. The van der Waals surface area contributed by atoms with E-state index in [0.717, 1.165) is 0 Å². The number of hydrogen-bond donors (Lipinski definition) is 1. The molecule has 3 nitrogen and oxygen atoms in total. The minimum Gasteiger partial charge on any atom is -0.344 e. The lowest BCUT2D eigenvalue weighted by molar-refractivity contribution is -0.149. The molecule has 0 fully saturated rings. The van der Waals surface area contributed by atoms with Crippen molar-refractivity contribution in [3.63, 3.8) is 0 Å². The second-order valence-corrected chi connectivity index (χ2v) is 1.71. The van der Waals surface area contributed by atoms with Crippen LogP contribution in [0.2, 0.25) is 0 Å². The molecule has 52 valence electrons. The van der Waals surface area contributed by atoms with Crippen LogP contribution >= 0.6 is 0 Å². The normalized spacial score (nSPS) is 8.22. The van der Waals surface area contributed by atoms with Crippen molar-refractivity contribution in [1.82, 2.24) is 5.48 Å². The van der Waals surface area contributed by atoms with E-state index in [9.17, 15) is 4.79 Å². The van der Waals surface area contributed by atoms with Crippen LogP contribution in [-0.2, 0) is 9.63 Å². The number of nitrogens with one attached hydrogen (secondary N) is 1. The third-order valence-corrected chi connectivity index (χ3v) is 0.628. The quantitative estimate of drug-likeness (QED) is 0.577. The average molecular weight is 129 g/mol. The zero-order chi connectivity index (χ0) is 7.28. The predicted molar refractivity (Wildman–Crippen MR) is 34.3 cm³/mol. The number of carbonyl (C=O) groups excluding carboxylic acids is 1. The van der Waals surface area contributed by atoms with Gasteiger partial charge in [-0.15, -0.1) is 0 Å². The molecule has 0 bridgehead atoms. The first-order valence-electron chi connectivity index (χ1n) is 2.78. The molecule has 0 aromatic carbocycles. The Kier molecular flexibility index (Phi) is 3.51. The summed E-state index contributed by atoms with van der Waals surface area (Å²) < 4.78 is 0. The molecule has 0 amide bonds. The summed E-state index contributed by atoms with van der Waals surface area (Å²) in [5.41, 5.74) is 2.97. The maximum Gasteiger partial charge on any atom is 0.331 e. The number of rotatable bonds is 3. The fraction of sp³-hybridized carbons (Fsp3) is 0.500. The van der Waals surface area contributed by atoms with Crippen LogP contribution in [-0.4, -0.2) is 5.97 Å². The monoisotopic (exact) mass is 129 g/mol. The first-order chi connectivity index (χ1) is 4.16. The summed E-state index contributed by atoms with van der Waals surface area (Å²) in [6.07, 6.45) is 0.375. The maximum absolute atomic E-state index is 10.4. The molecule has 9 heavy (non-hydrogen) atoms. The molecule has 3 heteroatoms. The Bertz CT molecular complexity index is 120. The van der Waals surface area contributed by atoms with Crippen molar-refractivity contribution in [3.05, 3.63) is 12.3 Å².